The van der Waals surface area contributed by atoms with Crippen LogP contribution in [0.1, 0.15) is 11.3 Å². The number of fused-ring (bicyclic) bond motifs is 1. The van der Waals surface area contributed by atoms with E-state index in [9.17, 15) is 9.18 Å². The van der Waals surface area contributed by atoms with Crippen LogP contribution in [0.25, 0.3) is 0 Å². The lowest BCUT2D eigenvalue weighted by Gasteiger charge is -2.12. The van der Waals surface area contributed by atoms with Crippen LogP contribution in [0.5, 0.6) is 17.4 Å². The van der Waals surface area contributed by atoms with Gasteiger partial charge in [-0.25, -0.2) is 14.2 Å². The van der Waals surface area contributed by atoms with Crippen LogP contribution in [0.2, 0.25) is 0 Å². The summed E-state index contributed by atoms with van der Waals surface area (Å²) in [5, 5.41) is 8.87. The summed E-state index contributed by atoms with van der Waals surface area (Å²) in [5.74, 6) is 0.675. The third kappa shape index (κ3) is 3.87. The fraction of sp³-hybridized carbons (Fsp3) is 0.200. The lowest BCUT2D eigenvalue weighted by atomic mass is 10.2. The van der Waals surface area contributed by atoms with Crippen molar-refractivity contribution in [1.29, 1.82) is 5.26 Å². The van der Waals surface area contributed by atoms with E-state index in [1.165, 1.54) is 30.5 Å². The topological polar surface area (TPSA) is 93.3 Å². The Morgan fingerprint density at radius 3 is 2.90 bits per heavy atom. The van der Waals surface area contributed by atoms with Crippen molar-refractivity contribution in [2.24, 2.45) is 0 Å². The van der Waals surface area contributed by atoms with Gasteiger partial charge in [-0.05, 0) is 23.8 Å². The van der Waals surface area contributed by atoms with Crippen LogP contribution < -0.4 is 20.1 Å². The predicted molar refractivity (Wildman–Crippen MR) is 102 cm³/mol. The zero-order valence-corrected chi connectivity index (χ0v) is 15.5. The highest BCUT2D eigenvalue weighted by Gasteiger charge is 2.19. The molecule has 0 radical (unpaired) electrons. The zero-order chi connectivity index (χ0) is 20.4. The highest BCUT2D eigenvalue weighted by Crippen LogP contribution is 2.26. The Morgan fingerprint density at radius 2 is 2.10 bits per heavy atom. The lowest BCUT2D eigenvalue weighted by Crippen LogP contribution is -2.22. The molecule has 0 spiro atoms. The number of halogens is 1. The number of hydrogen-bond acceptors (Lipinski definition) is 7. The molecule has 1 aliphatic rings. The molecule has 0 atom stereocenters. The second kappa shape index (κ2) is 7.59. The molecule has 1 aliphatic heterocycles. The van der Waals surface area contributed by atoms with E-state index in [2.05, 4.69) is 9.97 Å². The number of rotatable bonds is 5. The summed E-state index contributed by atoms with van der Waals surface area (Å²) in [4.78, 5) is 21.7. The largest absolute Gasteiger partial charge is 0.473 e. The van der Waals surface area contributed by atoms with Crippen LogP contribution in [0.15, 0.2) is 47.4 Å². The van der Waals surface area contributed by atoms with Gasteiger partial charge in [0.05, 0.1) is 0 Å². The van der Waals surface area contributed by atoms with Crippen molar-refractivity contribution in [3.63, 3.8) is 0 Å². The summed E-state index contributed by atoms with van der Waals surface area (Å²) < 4.78 is 27.0. The summed E-state index contributed by atoms with van der Waals surface area (Å²) >= 11 is 0. The average Bonchev–Trinajstić information content (AvgIpc) is 3.10. The molecule has 29 heavy (non-hydrogen) atoms. The highest BCUT2D eigenvalue weighted by atomic mass is 19.1. The fourth-order valence-electron chi connectivity index (χ4n) is 2.98. The van der Waals surface area contributed by atoms with Crippen molar-refractivity contribution in [3.8, 4) is 23.4 Å². The van der Waals surface area contributed by atoms with Crippen molar-refractivity contribution >= 4 is 5.82 Å². The van der Waals surface area contributed by atoms with Crippen LogP contribution in [0.3, 0.4) is 0 Å². The van der Waals surface area contributed by atoms with Gasteiger partial charge in [0.1, 0.15) is 29.9 Å². The minimum atomic E-state index is -0.580. The Labute approximate surface area is 165 Å². The molecule has 0 fully saturated rings. The quantitative estimate of drug-likeness (QED) is 0.657. The van der Waals surface area contributed by atoms with Crippen LogP contribution >= 0.6 is 0 Å². The van der Waals surface area contributed by atoms with E-state index in [-0.39, 0.29) is 29.6 Å². The number of nitriles is 1. The van der Waals surface area contributed by atoms with E-state index < -0.39 is 5.82 Å². The molecule has 3 heterocycles. The number of likely N-dealkylation sites (N-methyl/N-ethyl adjacent to an activating group) is 1. The molecule has 3 aromatic rings. The van der Waals surface area contributed by atoms with Gasteiger partial charge >= 0.3 is 5.69 Å². The van der Waals surface area contributed by atoms with Gasteiger partial charge in [0, 0.05) is 38.5 Å². The molecular formula is C20H16FN5O3. The van der Waals surface area contributed by atoms with E-state index in [1.54, 1.807) is 16.7 Å². The Hall–Kier alpha value is -3.93. The Balaban J connectivity index is 1.46. The Bertz CT molecular complexity index is 1170. The maximum absolute atomic E-state index is 14.4. The van der Waals surface area contributed by atoms with E-state index in [1.807, 2.05) is 18.0 Å². The normalized spacial score (nSPS) is 12.4. The van der Waals surface area contributed by atoms with Crippen molar-refractivity contribution in [3.05, 3.63) is 70.2 Å². The first-order valence-electron chi connectivity index (χ1n) is 8.82. The van der Waals surface area contributed by atoms with E-state index in [4.69, 9.17) is 14.7 Å². The second-order valence-corrected chi connectivity index (χ2v) is 6.45. The number of ether oxygens (including phenoxy) is 2. The predicted octanol–water partition coefficient (Wildman–Crippen LogP) is 2.47. The maximum Gasteiger partial charge on any atom is 0.352 e. The number of pyridine rings is 1. The lowest BCUT2D eigenvalue weighted by molar-refractivity contribution is 0.290. The first-order valence-corrected chi connectivity index (χ1v) is 8.82. The van der Waals surface area contributed by atoms with E-state index in [0.29, 0.717) is 17.9 Å². The molecule has 0 saturated heterocycles. The minimum Gasteiger partial charge on any atom is -0.473 e. The van der Waals surface area contributed by atoms with Crippen LogP contribution in [-0.2, 0) is 13.2 Å². The summed E-state index contributed by atoms with van der Waals surface area (Å²) in [7, 11) is 1.89. The first kappa shape index (κ1) is 18.4. The van der Waals surface area contributed by atoms with Crippen molar-refractivity contribution in [1.82, 2.24) is 14.5 Å². The monoisotopic (exact) mass is 393 g/mol. The third-order valence-corrected chi connectivity index (χ3v) is 4.47. The second-order valence-electron chi connectivity index (χ2n) is 6.45. The summed E-state index contributed by atoms with van der Waals surface area (Å²) in [6, 6.07) is 11.0. The fourth-order valence-corrected chi connectivity index (χ4v) is 2.98. The average molecular weight is 393 g/mol. The van der Waals surface area contributed by atoms with Crippen molar-refractivity contribution < 1.29 is 13.9 Å². The van der Waals surface area contributed by atoms with Gasteiger partial charge in [-0.1, -0.05) is 6.07 Å². The maximum atomic E-state index is 14.4. The van der Waals surface area contributed by atoms with Crippen LogP contribution in [0, 0.1) is 17.1 Å². The summed E-state index contributed by atoms with van der Waals surface area (Å²) in [6.07, 6.45) is 1.41. The van der Waals surface area contributed by atoms with Gasteiger partial charge in [-0.2, -0.15) is 10.2 Å². The van der Waals surface area contributed by atoms with E-state index >= 15 is 0 Å². The standard InChI is InChI=1S/C20H16FN5O3/c1-25-6-7-26-19(25)10-18(24-20(26)27)28-12-13-2-3-17(16(21)8-13)29-15-4-5-23-14(9-15)11-22/h2-5,8-10H,6-7,12H2,1H3. The molecule has 0 amide bonds. The van der Waals surface area contributed by atoms with E-state index in [0.717, 1.165) is 12.4 Å². The molecule has 8 nitrogen and oxygen atoms in total. The highest BCUT2D eigenvalue weighted by molar-refractivity contribution is 5.44. The molecule has 146 valence electrons. The third-order valence-electron chi connectivity index (χ3n) is 4.47. The van der Waals surface area contributed by atoms with Gasteiger partial charge in [0.15, 0.2) is 11.6 Å². The zero-order valence-electron chi connectivity index (χ0n) is 15.5. The molecule has 0 aliphatic carbocycles. The van der Waals surface area contributed by atoms with Crippen LogP contribution in [0.4, 0.5) is 10.2 Å². The van der Waals surface area contributed by atoms with Gasteiger partial charge in [-0.3, -0.25) is 4.57 Å². The number of anilines is 1. The molecule has 0 saturated carbocycles. The number of aromatic nitrogens is 3. The first-order chi connectivity index (χ1) is 14.0. The summed E-state index contributed by atoms with van der Waals surface area (Å²) in [5.41, 5.74) is 0.361. The molecule has 0 bridgehead atoms. The van der Waals surface area contributed by atoms with Gasteiger partial charge in [-0.15, -0.1) is 0 Å². The molecule has 4 rings (SSSR count). The molecule has 0 unspecified atom stereocenters. The number of hydrogen-bond donors (Lipinski definition) is 0. The molecular weight excluding hydrogens is 377 g/mol. The molecule has 2 aromatic heterocycles. The molecule has 0 N–H and O–H groups in total. The smallest absolute Gasteiger partial charge is 0.352 e. The Morgan fingerprint density at radius 1 is 1.24 bits per heavy atom. The summed E-state index contributed by atoms with van der Waals surface area (Å²) in [6.45, 7) is 1.38. The minimum absolute atomic E-state index is 0.0133. The molecule has 1 aromatic carbocycles. The van der Waals surface area contributed by atoms with Crippen molar-refractivity contribution in [2.45, 2.75) is 13.2 Å². The van der Waals surface area contributed by atoms with Crippen molar-refractivity contribution in [2.75, 3.05) is 18.5 Å². The van der Waals surface area contributed by atoms with Gasteiger partial charge < -0.3 is 14.4 Å². The van der Waals surface area contributed by atoms with Crippen LogP contribution in [-0.4, -0.2) is 28.1 Å². The van der Waals surface area contributed by atoms with Gasteiger partial charge in [0.25, 0.3) is 0 Å². The number of nitrogens with zero attached hydrogens (tertiary/aromatic N) is 5. The van der Waals surface area contributed by atoms with Gasteiger partial charge in [0.2, 0.25) is 5.88 Å². The SMILES string of the molecule is CN1CCn2c1cc(OCc1ccc(Oc3ccnc(C#N)c3)c(F)c1)nc2=O. The molecule has 9 heteroatoms. The number of benzene rings is 1. The Kier molecular flexibility index (Phi) is 4.83.